The Hall–Kier alpha value is -2.61. The molecule has 2 aliphatic heterocycles. The number of piperidine rings is 1. The number of aromatic amines is 1. The number of nitrogens with one attached hydrogen (secondary N) is 1. The third-order valence-electron chi connectivity index (χ3n) is 4.79. The van der Waals surface area contributed by atoms with Crippen LogP contribution in [0.1, 0.15) is 40.8 Å². The minimum Gasteiger partial charge on any atom is -0.454 e. The summed E-state index contributed by atoms with van der Waals surface area (Å²) in [6.45, 7) is 2.17. The quantitative estimate of drug-likeness (QED) is 0.876. The topological polar surface area (TPSA) is 89.6 Å². The van der Waals surface area contributed by atoms with E-state index in [1.165, 1.54) is 0 Å². The van der Waals surface area contributed by atoms with E-state index in [-0.39, 0.29) is 18.6 Å². The Morgan fingerprint density at radius 2 is 2.27 bits per heavy atom. The van der Waals surface area contributed by atoms with Crippen molar-refractivity contribution in [3.63, 3.8) is 0 Å². The molecule has 1 fully saturated rings. The molecule has 1 saturated heterocycles. The van der Waals surface area contributed by atoms with Crippen molar-refractivity contribution < 1.29 is 19.0 Å². The normalized spacial score (nSPS) is 19.0. The maximum atomic E-state index is 12.9. The zero-order valence-corrected chi connectivity index (χ0v) is 14.7. The van der Waals surface area contributed by atoms with Gasteiger partial charge in [0.05, 0.1) is 6.61 Å². The molecule has 2 aliphatic rings. The minimum absolute atomic E-state index is 0.00291. The third kappa shape index (κ3) is 3.37. The number of hydrogen-bond donors (Lipinski definition) is 1. The van der Waals surface area contributed by atoms with Crippen molar-refractivity contribution in [1.29, 1.82) is 0 Å². The molecule has 8 nitrogen and oxygen atoms in total. The second-order valence-electron chi connectivity index (χ2n) is 6.54. The molecule has 1 aromatic heterocycles. The predicted octanol–water partition coefficient (Wildman–Crippen LogP) is 1.74. The lowest BCUT2D eigenvalue weighted by Gasteiger charge is -2.31. The Morgan fingerprint density at radius 3 is 3.15 bits per heavy atom. The maximum Gasteiger partial charge on any atom is 0.254 e. The molecule has 1 atom stereocenters. The van der Waals surface area contributed by atoms with E-state index in [1.54, 1.807) is 25.3 Å². The summed E-state index contributed by atoms with van der Waals surface area (Å²) in [5, 5.41) is 7.31. The van der Waals surface area contributed by atoms with E-state index in [1.807, 2.05) is 4.90 Å². The van der Waals surface area contributed by atoms with Crippen molar-refractivity contribution >= 4 is 5.91 Å². The van der Waals surface area contributed by atoms with Gasteiger partial charge in [0.2, 0.25) is 6.79 Å². The lowest BCUT2D eigenvalue weighted by molar-refractivity contribution is 0.0704. The molecule has 1 aromatic carbocycles. The standard InChI is InChI=1S/C18H22N4O4/c1-24-8-6-16-19-17(21-20-16)13-3-2-7-22(10-13)18(23)12-4-5-14-15(9-12)26-11-25-14/h4-5,9,13H,2-3,6-8,10-11H2,1H3,(H,19,20,21). The van der Waals surface area contributed by atoms with Gasteiger partial charge in [-0.05, 0) is 31.0 Å². The Balaban J connectivity index is 1.44. The average Bonchev–Trinajstić information content (AvgIpc) is 3.34. The lowest BCUT2D eigenvalue weighted by atomic mass is 9.96. The van der Waals surface area contributed by atoms with Crippen molar-refractivity contribution in [1.82, 2.24) is 20.1 Å². The smallest absolute Gasteiger partial charge is 0.254 e. The number of aromatic nitrogens is 3. The number of nitrogens with zero attached hydrogens (tertiary/aromatic N) is 3. The fraction of sp³-hybridized carbons (Fsp3) is 0.500. The van der Waals surface area contributed by atoms with E-state index in [4.69, 9.17) is 14.2 Å². The molecule has 138 valence electrons. The van der Waals surface area contributed by atoms with Crippen LogP contribution in [0.3, 0.4) is 0 Å². The number of benzene rings is 1. The molecular weight excluding hydrogens is 336 g/mol. The number of likely N-dealkylation sites (tertiary alicyclic amines) is 1. The van der Waals surface area contributed by atoms with E-state index < -0.39 is 0 Å². The van der Waals surface area contributed by atoms with Crippen LogP contribution in [0, 0.1) is 0 Å². The van der Waals surface area contributed by atoms with Crippen LogP contribution in [0.25, 0.3) is 0 Å². The number of amides is 1. The minimum atomic E-state index is 0.00291. The van der Waals surface area contributed by atoms with Gasteiger partial charge in [0.1, 0.15) is 5.82 Å². The van der Waals surface area contributed by atoms with E-state index in [0.29, 0.717) is 36.6 Å². The second-order valence-corrected chi connectivity index (χ2v) is 6.54. The zero-order chi connectivity index (χ0) is 17.9. The van der Waals surface area contributed by atoms with Crippen molar-refractivity contribution in [3.8, 4) is 11.5 Å². The van der Waals surface area contributed by atoms with E-state index in [0.717, 1.165) is 31.0 Å². The molecule has 1 N–H and O–H groups in total. The second kappa shape index (κ2) is 7.33. The third-order valence-corrected chi connectivity index (χ3v) is 4.79. The number of methoxy groups -OCH3 is 1. The van der Waals surface area contributed by atoms with Crippen LogP contribution in [0.2, 0.25) is 0 Å². The van der Waals surface area contributed by atoms with Crippen LogP contribution >= 0.6 is 0 Å². The van der Waals surface area contributed by atoms with Crippen molar-refractivity contribution in [2.45, 2.75) is 25.2 Å². The molecule has 0 aliphatic carbocycles. The van der Waals surface area contributed by atoms with E-state index >= 15 is 0 Å². The van der Waals surface area contributed by atoms with Gasteiger partial charge >= 0.3 is 0 Å². The maximum absolute atomic E-state index is 12.9. The summed E-state index contributed by atoms with van der Waals surface area (Å²) in [4.78, 5) is 19.3. The van der Waals surface area contributed by atoms with Crippen LogP contribution in [0.4, 0.5) is 0 Å². The van der Waals surface area contributed by atoms with Gasteiger partial charge in [0, 0.05) is 38.1 Å². The molecule has 2 aromatic rings. The van der Waals surface area contributed by atoms with Crippen LogP contribution in [-0.2, 0) is 11.2 Å². The summed E-state index contributed by atoms with van der Waals surface area (Å²) in [7, 11) is 1.66. The van der Waals surface area contributed by atoms with Gasteiger partial charge in [0.25, 0.3) is 5.91 Å². The van der Waals surface area contributed by atoms with Crippen LogP contribution in [-0.4, -0.2) is 59.6 Å². The Bertz CT molecular complexity index is 791. The largest absolute Gasteiger partial charge is 0.454 e. The number of ether oxygens (including phenoxy) is 3. The summed E-state index contributed by atoms with van der Waals surface area (Å²) in [6, 6.07) is 5.33. The summed E-state index contributed by atoms with van der Waals surface area (Å²) in [6.07, 6.45) is 2.62. The SMILES string of the molecule is COCCc1nc(C2CCCN(C(=O)c3ccc4c(c3)OCO4)C2)n[nH]1. The van der Waals surface area contributed by atoms with Gasteiger partial charge in [-0.15, -0.1) is 0 Å². The van der Waals surface area contributed by atoms with Gasteiger partial charge in [-0.3, -0.25) is 9.89 Å². The number of fused-ring (bicyclic) bond motifs is 1. The first-order valence-electron chi connectivity index (χ1n) is 8.83. The van der Waals surface area contributed by atoms with Crippen LogP contribution < -0.4 is 9.47 Å². The fourth-order valence-corrected chi connectivity index (χ4v) is 3.39. The highest BCUT2D eigenvalue weighted by Crippen LogP contribution is 2.33. The summed E-state index contributed by atoms with van der Waals surface area (Å²) < 4.78 is 15.8. The zero-order valence-electron chi connectivity index (χ0n) is 14.7. The number of H-pyrrole nitrogens is 1. The molecule has 0 spiro atoms. The molecule has 8 heteroatoms. The van der Waals surface area contributed by atoms with Crippen molar-refractivity contribution in [2.24, 2.45) is 0 Å². The number of hydrogen-bond acceptors (Lipinski definition) is 6. The molecule has 4 rings (SSSR count). The highest BCUT2D eigenvalue weighted by Gasteiger charge is 2.28. The summed E-state index contributed by atoms with van der Waals surface area (Å²) >= 11 is 0. The number of carbonyl (C=O) groups excluding carboxylic acids is 1. The molecule has 0 bridgehead atoms. The summed E-state index contributed by atoms with van der Waals surface area (Å²) in [5.41, 5.74) is 0.616. The predicted molar refractivity (Wildman–Crippen MR) is 92.4 cm³/mol. The lowest BCUT2D eigenvalue weighted by Crippen LogP contribution is -2.39. The average molecular weight is 358 g/mol. The first kappa shape index (κ1) is 16.8. The van der Waals surface area contributed by atoms with Crippen LogP contribution in [0.15, 0.2) is 18.2 Å². The Kier molecular flexibility index (Phi) is 4.75. The van der Waals surface area contributed by atoms with Gasteiger partial charge in [0.15, 0.2) is 17.3 Å². The van der Waals surface area contributed by atoms with Gasteiger partial charge in [-0.25, -0.2) is 4.98 Å². The molecule has 0 saturated carbocycles. The van der Waals surface area contributed by atoms with Crippen molar-refractivity contribution in [3.05, 3.63) is 35.4 Å². The highest BCUT2D eigenvalue weighted by atomic mass is 16.7. The first-order chi connectivity index (χ1) is 12.7. The number of carbonyl (C=O) groups is 1. The number of rotatable bonds is 5. The van der Waals surface area contributed by atoms with Gasteiger partial charge in [-0.1, -0.05) is 0 Å². The fourth-order valence-electron chi connectivity index (χ4n) is 3.39. The molecule has 1 amide bonds. The molecule has 26 heavy (non-hydrogen) atoms. The van der Waals surface area contributed by atoms with Crippen LogP contribution in [0.5, 0.6) is 11.5 Å². The molecule has 3 heterocycles. The van der Waals surface area contributed by atoms with Gasteiger partial charge in [-0.2, -0.15) is 5.10 Å². The molecule has 0 radical (unpaired) electrons. The van der Waals surface area contributed by atoms with E-state index in [9.17, 15) is 4.79 Å². The Labute approximate surface area is 151 Å². The first-order valence-corrected chi connectivity index (χ1v) is 8.83. The van der Waals surface area contributed by atoms with Crippen molar-refractivity contribution in [2.75, 3.05) is 33.6 Å². The molecular formula is C18H22N4O4. The highest BCUT2D eigenvalue weighted by molar-refractivity contribution is 5.95. The Morgan fingerprint density at radius 1 is 1.38 bits per heavy atom. The summed E-state index contributed by atoms with van der Waals surface area (Å²) in [5.74, 6) is 3.06. The van der Waals surface area contributed by atoms with Gasteiger partial charge < -0.3 is 19.1 Å². The van der Waals surface area contributed by atoms with E-state index in [2.05, 4.69) is 15.2 Å². The molecule has 1 unspecified atom stereocenters. The monoisotopic (exact) mass is 358 g/mol.